The van der Waals surface area contributed by atoms with Crippen molar-refractivity contribution in [3.63, 3.8) is 0 Å². The summed E-state index contributed by atoms with van der Waals surface area (Å²) in [5, 5.41) is 7.51. The van der Waals surface area contributed by atoms with Crippen molar-refractivity contribution in [3.05, 3.63) is 95.8 Å². The number of ether oxygens (including phenoxy) is 1. The van der Waals surface area contributed by atoms with E-state index in [2.05, 4.69) is 5.32 Å². The Kier molecular flexibility index (Phi) is 7.70. The van der Waals surface area contributed by atoms with E-state index in [0.29, 0.717) is 28.5 Å². The number of nitrogens with zero attached hydrogens (tertiary/aromatic N) is 3. The van der Waals surface area contributed by atoms with Crippen molar-refractivity contribution in [1.82, 2.24) is 15.1 Å². The molecule has 5 rings (SSSR count). The molecule has 0 fully saturated rings. The molecular weight excluding hydrogens is 515 g/mol. The molecule has 3 aromatic carbocycles. The molecule has 1 aliphatic rings. The second-order valence-electron chi connectivity index (χ2n) is 9.51. The highest BCUT2D eigenvalue weighted by molar-refractivity contribution is 8.00. The minimum atomic E-state index is -0.403. The van der Waals surface area contributed by atoms with Gasteiger partial charge < -0.3 is 10.1 Å². The van der Waals surface area contributed by atoms with Crippen LogP contribution in [0.3, 0.4) is 0 Å². The molecule has 2 heterocycles. The van der Waals surface area contributed by atoms with Crippen molar-refractivity contribution < 1.29 is 18.7 Å². The van der Waals surface area contributed by atoms with E-state index in [1.165, 1.54) is 28.8 Å². The number of aromatic nitrogens is 2. The Morgan fingerprint density at radius 2 is 1.85 bits per heavy atom. The summed E-state index contributed by atoms with van der Waals surface area (Å²) in [4.78, 5) is 28.2. The summed E-state index contributed by atoms with van der Waals surface area (Å²) >= 11 is 1.40. The summed E-state index contributed by atoms with van der Waals surface area (Å²) < 4.78 is 21.5. The van der Waals surface area contributed by atoms with Crippen molar-refractivity contribution in [3.8, 4) is 22.7 Å². The topological polar surface area (TPSA) is 76.5 Å². The lowest BCUT2D eigenvalue weighted by atomic mass is 9.99. The number of halogens is 1. The number of hydrogen-bond acceptors (Lipinski definition) is 5. The maximum Gasteiger partial charge on any atom is 0.240 e. The van der Waals surface area contributed by atoms with Gasteiger partial charge in [0.15, 0.2) is 0 Å². The first-order chi connectivity index (χ1) is 18.9. The Bertz CT molecular complexity index is 1490. The number of rotatable bonds is 7. The summed E-state index contributed by atoms with van der Waals surface area (Å²) in [6, 6.07) is 23.4. The predicted molar refractivity (Wildman–Crippen MR) is 152 cm³/mol. The molecule has 0 unspecified atom stereocenters. The van der Waals surface area contributed by atoms with E-state index in [0.717, 1.165) is 11.1 Å². The number of carbonyl (C=O) groups is 2. The Balaban J connectivity index is 1.79. The number of fused-ring (bicyclic) bond motifs is 1. The summed E-state index contributed by atoms with van der Waals surface area (Å²) in [5.74, 6) is 0.416. The minimum absolute atomic E-state index is 0.0835. The normalized spacial score (nSPS) is 15.2. The van der Waals surface area contributed by atoms with Crippen LogP contribution in [-0.4, -0.2) is 47.0 Å². The highest BCUT2D eigenvalue weighted by Gasteiger charge is 2.37. The molecule has 1 aromatic heterocycles. The number of benzene rings is 3. The zero-order chi connectivity index (χ0) is 27.5. The van der Waals surface area contributed by atoms with Gasteiger partial charge in [0.25, 0.3) is 0 Å². The van der Waals surface area contributed by atoms with Gasteiger partial charge in [0.2, 0.25) is 11.8 Å². The minimum Gasteiger partial charge on any atom is -0.497 e. The first-order valence-corrected chi connectivity index (χ1v) is 13.7. The fourth-order valence-corrected chi connectivity index (χ4v) is 5.86. The number of anilines is 1. The van der Waals surface area contributed by atoms with Gasteiger partial charge in [-0.3, -0.25) is 14.5 Å². The van der Waals surface area contributed by atoms with Gasteiger partial charge in [0.05, 0.1) is 29.5 Å². The first kappa shape index (κ1) is 26.5. The molecule has 7 nitrogen and oxygen atoms in total. The van der Waals surface area contributed by atoms with Gasteiger partial charge in [-0.15, -0.1) is 11.8 Å². The van der Waals surface area contributed by atoms with Crippen LogP contribution in [0, 0.1) is 5.82 Å². The second kappa shape index (κ2) is 11.3. The van der Waals surface area contributed by atoms with Crippen LogP contribution >= 0.6 is 11.8 Å². The summed E-state index contributed by atoms with van der Waals surface area (Å²) in [7, 11) is 1.59. The van der Waals surface area contributed by atoms with Crippen LogP contribution < -0.4 is 15.0 Å². The van der Waals surface area contributed by atoms with Gasteiger partial charge in [-0.05, 0) is 55.8 Å². The SMILES string of the molecule is COc1ccc(-n2nc(-c3ccccc3)c3c2N(CC(=O)NC(C)C)C(=O)CS[C@H]3c2cccc(F)c2)cc1. The number of thioether (sulfide) groups is 1. The molecule has 0 spiro atoms. The molecule has 9 heteroatoms. The molecule has 1 N–H and O–H groups in total. The zero-order valence-corrected chi connectivity index (χ0v) is 22.7. The zero-order valence-electron chi connectivity index (χ0n) is 21.9. The average Bonchev–Trinajstić information content (AvgIpc) is 3.25. The molecule has 2 amide bonds. The first-order valence-electron chi connectivity index (χ1n) is 12.6. The molecule has 0 bridgehead atoms. The van der Waals surface area contributed by atoms with Crippen molar-refractivity contribution in [1.29, 1.82) is 0 Å². The molecule has 39 heavy (non-hydrogen) atoms. The summed E-state index contributed by atoms with van der Waals surface area (Å²) in [5.41, 5.74) is 3.67. The van der Waals surface area contributed by atoms with E-state index in [-0.39, 0.29) is 36.0 Å². The van der Waals surface area contributed by atoms with Gasteiger partial charge in [-0.25, -0.2) is 9.07 Å². The third kappa shape index (κ3) is 5.54. The Hall–Kier alpha value is -4.11. The molecule has 0 aliphatic carbocycles. The highest BCUT2D eigenvalue weighted by Crippen LogP contribution is 2.48. The maximum atomic E-state index is 14.4. The maximum absolute atomic E-state index is 14.4. The molecule has 0 saturated carbocycles. The third-order valence-electron chi connectivity index (χ3n) is 6.36. The molecule has 1 atom stereocenters. The largest absolute Gasteiger partial charge is 0.497 e. The van der Waals surface area contributed by atoms with Gasteiger partial charge in [-0.2, -0.15) is 5.10 Å². The van der Waals surface area contributed by atoms with E-state index < -0.39 is 5.25 Å². The molecule has 0 radical (unpaired) electrons. The standard InChI is InChI=1S/C30H29FN4O3S/c1-19(2)32-25(36)17-34-26(37)18-39-29(21-10-7-11-22(31)16-21)27-28(20-8-5-4-6-9-20)33-35(30(27)34)23-12-14-24(38-3)15-13-23/h4-16,19,29H,17-18H2,1-3H3,(H,32,36)/t29-/m0/s1. The quantitative estimate of drug-likeness (QED) is 0.338. The smallest absolute Gasteiger partial charge is 0.240 e. The lowest BCUT2D eigenvalue weighted by Crippen LogP contribution is -2.44. The number of amides is 2. The number of carbonyl (C=O) groups excluding carboxylic acids is 2. The average molecular weight is 545 g/mol. The lowest BCUT2D eigenvalue weighted by Gasteiger charge is -2.23. The fourth-order valence-electron chi connectivity index (χ4n) is 4.68. The monoisotopic (exact) mass is 544 g/mol. The lowest BCUT2D eigenvalue weighted by molar-refractivity contribution is -0.123. The van der Waals surface area contributed by atoms with Gasteiger partial charge in [0.1, 0.15) is 23.9 Å². The van der Waals surface area contributed by atoms with E-state index in [1.807, 2.05) is 74.5 Å². The third-order valence-corrected chi connectivity index (χ3v) is 7.61. The summed E-state index contributed by atoms with van der Waals surface area (Å²) in [6.07, 6.45) is 0. The van der Waals surface area contributed by atoms with Crippen LogP contribution in [0.15, 0.2) is 78.9 Å². The molecule has 0 saturated heterocycles. The molecular formula is C30H29FN4O3S. The highest BCUT2D eigenvalue weighted by atomic mass is 32.2. The van der Waals surface area contributed by atoms with Crippen LogP contribution in [0.25, 0.3) is 16.9 Å². The van der Waals surface area contributed by atoms with E-state index in [9.17, 15) is 14.0 Å². The van der Waals surface area contributed by atoms with Gasteiger partial charge >= 0.3 is 0 Å². The van der Waals surface area contributed by atoms with E-state index in [4.69, 9.17) is 9.84 Å². The number of nitrogens with one attached hydrogen (secondary N) is 1. The predicted octanol–water partition coefficient (Wildman–Crippen LogP) is 5.38. The Labute approximate surface area is 231 Å². The van der Waals surface area contributed by atoms with E-state index >= 15 is 0 Å². The Morgan fingerprint density at radius 3 is 2.51 bits per heavy atom. The van der Waals surface area contributed by atoms with Crippen LogP contribution in [0.5, 0.6) is 5.75 Å². The van der Waals surface area contributed by atoms with E-state index in [1.54, 1.807) is 17.9 Å². The van der Waals surface area contributed by atoms with Gasteiger partial charge in [0, 0.05) is 17.2 Å². The van der Waals surface area contributed by atoms with Crippen LogP contribution in [0.1, 0.15) is 30.2 Å². The van der Waals surface area contributed by atoms with Crippen molar-refractivity contribution in [2.75, 3.05) is 24.3 Å². The van der Waals surface area contributed by atoms with Crippen molar-refractivity contribution in [2.45, 2.75) is 25.1 Å². The van der Waals surface area contributed by atoms with Crippen LogP contribution in [0.2, 0.25) is 0 Å². The second-order valence-corrected chi connectivity index (χ2v) is 10.6. The molecule has 1 aliphatic heterocycles. The van der Waals surface area contributed by atoms with Crippen LogP contribution in [-0.2, 0) is 9.59 Å². The molecule has 4 aromatic rings. The van der Waals surface area contributed by atoms with Crippen LogP contribution in [0.4, 0.5) is 10.2 Å². The Morgan fingerprint density at radius 1 is 1.10 bits per heavy atom. The summed E-state index contributed by atoms with van der Waals surface area (Å²) in [6.45, 7) is 3.58. The van der Waals surface area contributed by atoms with Crippen molar-refractivity contribution >= 4 is 29.4 Å². The van der Waals surface area contributed by atoms with Crippen molar-refractivity contribution in [2.24, 2.45) is 0 Å². The molecule has 200 valence electrons. The van der Waals surface area contributed by atoms with Gasteiger partial charge in [-0.1, -0.05) is 42.5 Å². The number of hydrogen-bond donors (Lipinski definition) is 1. The number of methoxy groups -OCH3 is 1. The fraction of sp³-hybridized carbons (Fsp3) is 0.233.